The number of hydrogen-bond donors (Lipinski definition) is 2. The molecule has 8 heteroatoms. The SMILES string of the molecule is Cc1nn(C2CCCCC2)c2sc(C(=O)NC3CCC(C(=O)NC4CC4)CC3)cc12.Cl. The number of nitrogens with zero attached hydrogens (tertiary/aromatic N) is 2. The Morgan fingerprint density at radius 1 is 0.968 bits per heavy atom. The van der Waals surface area contributed by atoms with Gasteiger partial charge in [0.1, 0.15) is 4.83 Å². The molecule has 0 radical (unpaired) electrons. The normalized spacial score (nSPS) is 24.5. The van der Waals surface area contributed by atoms with Crippen LogP contribution in [0.25, 0.3) is 10.2 Å². The van der Waals surface area contributed by atoms with Gasteiger partial charge in [-0.3, -0.25) is 14.3 Å². The van der Waals surface area contributed by atoms with Crippen molar-refractivity contribution in [2.24, 2.45) is 5.92 Å². The molecule has 0 saturated heterocycles. The smallest absolute Gasteiger partial charge is 0.261 e. The molecule has 2 heterocycles. The molecule has 2 aromatic heterocycles. The van der Waals surface area contributed by atoms with Gasteiger partial charge in [-0.05, 0) is 64.4 Å². The van der Waals surface area contributed by atoms with E-state index in [0.29, 0.717) is 12.1 Å². The number of carbonyl (C=O) groups excluding carboxylic acids is 2. The molecule has 0 spiro atoms. The van der Waals surface area contributed by atoms with Crippen LogP contribution in [-0.2, 0) is 4.79 Å². The predicted molar refractivity (Wildman–Crippen MR) is 126 cm³/mol. The first kappa shape index (κ1) is 22.6. The van der Waals surface area contributed by atoms with Gasteiger partial charge in [-0.1, -0.05) is 19.3 Å². The van der Waals surface area contributed by atoms with Gasteiger partial charge in [0.05, 0.1) is 16.6 Å². The highest BCUT2D eigenvalue weighted by Gasteiger charge is 2.31. The summed E-state index contributed by atoms with van der Waals surface area (Å²) in [6, 6.07) is 3.09. The zero-order chi connectivity index (χ0) is 20.7. The maximum absolute atomic E-state index is 12.9. The molecule has 3 aliphatic carbocycles. The Kier molecular flexibility index (Phi) is 6.92. The molecule has 31 heavy (non-hydrogen) atoms. The molecule has 0 atom stereocenters. The standard InChI is InChI=1S/C23H32N4O2S.ClH/c1-14-19-13-20(30-23(19)27(26-14)18-5-3-2-4-6-18)22(29)25-16-9-7-15(8-10-16)21(28)24-17-11-12-17;/h13,15-18H,2-12H2,1H3,(H,24,28)(H,25,29);1H. The molecule has 3 fully saturated rings. The molecule has 6 nitrogen and oxygen atoms in total. The van der Waals surface area contributed by atoms with Crippen molar-refractivity contribution in [1.82, 2.24) is 20.4 Å². The van der Waals surface area contributed by atoms with Crippen molar-refractivity contribution in [3.05, 3.63) is 16.6 Å². The third-order valence-corrected chi connectivity index (χ3v) is 8.19. The van der Waals surface area contributed by atoms with Crippen LogP contribution in [0.5, 0.6) is 0 Å². The summed E-state index contributed by atoms with van der Waals surface area (Å²) in [5, 5.41) is 12.3. The Labute approximate surface area is 193 Å². The van der Waals surface area contributed by atoms with E-state index in [1.54, 1.807) is 11.3 Å². The Morgan fingerprint density at radius 2 is 1.61 bits per heavy atom. The van der Waals surface area contributed by atoms with Crippen molar-refractivity contribution < 1.29 is 9.59 Å². The first-order valence-electron chi connectivity index (χ1n) is 11.7. The number of hydrogen-bond acceptors (Lipinski definition) is 4. The topological polar surface area (TPSA) is 76.0 Å². The van der Waals surface area contributed by atoms with Crippen LogP contribution in [0.2, 0.25) is 0 Å². The van der Waals surface area contributed by atoms with Gasteiger partial charge in [0.2, 0.25) is 5.91 Å². The van der Waals surface area contributed by atoms with Crippen LogP contribution in [0.1, 0.15) is 92.0 Å². The maximum atomic E-state index is 12.9. The van der Waals surface area contributed by atoms with Crippen molar-refractivity contribution in [3.8, 4) is 0 Å². The van der Waals surface area contributed by atoms with E-state index in [2.05, 4.69) is 15.3 Å². The number of thiophene rings is 1. The Morgan fingerprint density at radius 3 is 2.29 bits per heavy atom. The monoisotopic (exact) mass is 464 g/mol. The molecular formula is C23H33ClN4O2S. The second kappa shape index (κ2) is 9.49. The molecular weight excluding hydrogens is 432 g/mol. The van der Waals surface area contributed by atoms with Crippen LogP contribution < -0.4 is 10.6 Å². The first-order valence-corrected chi connectivity index (χ1v) is 12.5. The maximum Gasteiger partial charge on any atom is 0.261 e. The number of rotatable bonds is 5. The van der Waals surface area contributed by atoms with Gasteiger partial charge in [-0.15, -0.1) is 23.7 Å². The third-order valence-electron chi connectivity index (χ3n) is 7.07. The van der Waals surface area contributed by atoms with Crippen LogP contribution in [0, 0.1) is 12.8 Å². The average molecular weight is 465 g/mol. The zero-order valence-electron chi connectivity index (χ0n) is 18.2. The van der Waals surface area contributed by atoms with E-state index in [1.165, 1.54) is 32.1 Å². The fourth-order valence-corrected chi connectivity index (χ4v) is 6.20. The van der Waals surface area contributed by atoms with Crippen molar-refractivity contribution in [3.63, 3.8) is 0 Å². The van der Waals surface area contributed by atoms with E-state index in [0.717, 1.165) is 59.3 Å². The predicted octanol–water partition coefficient (Wildman–Crippen LogP) is 4.90. The third kappa shape index (κ3) is 4.92. The Bertz CT molecular complexity index is 937. The Hall–Kier alpha value is -1.60. The number of aromatic nitrogens is 2. The fraction of sp³-hybridized carbons (Fsp3) is 0.696. The highest BCUT2D eigenvalue weighted by Crippen LogP contribution is 2.35. The van der Waals surface area contributed by atoms with Gasteiger partial charge in [0, 0.05) is 23.4 Å². The van der Waals surface area contributed by atoms with Crippen molar-refractivity contribution in [2.45, 2.75) is 95.7 Å². The van der Waals surface area contributed by atoms with Crippen LogP contribution in [0.4, 0.5) is 0 Å². The lowest BCUT2D eigenvalue weighted by Gasteiger charge is -2.28. The number of fused-ring (bicyclic) bond motifs is 1. The zero-order valence-corrected chi connectivity index (χ0v) is 19.8. The molecule has 0 aromatic carbocycles. The fourth-order valence-electron chi connectivity index (χ4n) is 5.06. The average Bonchev–Trinajstić information content (AvgIpc) is 3.37. The van der Waals surface area contributed by atoms with Crippen LogP contribution in [0.3, 0.4) is 0 Å². The van der Waals surface area contributed by atoms with Gasteiger partial charge in [-0.2, -0.15) is 5.10 Å². The number of halogens is 1. The van der Waals surface area contributed by atoms with E-state index in [4.69, 9.17) is 5.10 Å². The highest BCUT2D eigenvalue weighted by atomic mass is 35.5. The summed E-state index contributed by atoms with van der Waals surface area (Å²) in [6.45, 7) is 2.05. The minimum Gasteiger partial charge on any atom is -0.353 e. The van der Waals surface area contributed by atoms with Gasteiger partial charge in [0.25, 0.3) is 5.91 Å². The summed E-state index contributed by atoms with van der Waals surface area (Å²) in [5.41, 5.74) is 1.02. The van der Waals surface area contributed by atoms with E-state index >= 15 is 0 Å². The lowest BCUT2D eigenvalue weighted by atomic mass is 9.85. The molecule has 2 N–H and O–H groups in total. The molecule has 0 aliphatic heterocycles. The summed E-state index contributed by atoms with van der Waals surface area (Å²) in [6.07, 6.45) is 12.0. The molecule has 170 valence electrons. The minimum absolute atomic E-state index is 0. The molecule has 0 unspecified atom stereocenters. The number of carbonyl (C=O) groups is 2. The number of aryl methyl sites for hydroxylation is 1. The number of amides is 2. The van der Waals surface area contributed by atoms with Crippen molar-refractivity contribution in [2.75, 3.05) is 0 Å². The Balaban J connectivity index is 0.00000231. The molecule has 5 rings (SSSR count). The lowest BCUT2D eigenvalue weighted by molar-refractivity contribution is -0.126. The van der Waals surface area contributed by atoms with E-state index in [1.807, 2.05) is 13.0 Å². The van der Waals surface area contributed by atoms with E-state index in [9.17, 15) is 9.59 Å². The summed E-state index contributed by atoms with van der Waals surface area (Å²) >= 11 is 1.58. The molecule has 0 bridgehead atoms. The van der Waals surface area contributed by atoms with E-state index < -0.39 is 0 Å². The summed E-state index contributed by atoms with van der Waals surface area (Å²) in [7, 11) is 0. The quantitative estimate of drug-likeness (QED) is 0.660. The summed E-state index contributed by atoms with van der Waals surface area (Å²) in [5.74, 6) is 0.360. The minimum atomic E-state index is 0. The van der Waals surface area contributed by atoms with Crippen LogP contribution >= 0.6 is 23.7 Å². The van der Waals surface area contributed by atoms with Crippen molar-refractivity contribution in [1.29, 1.82) is 0 Å². The van der Waals surface area contributed by atoms with Gasteiger partial charge in [0.15, 0.2) is 0 Å². The molecule has 2 amide bonds. The largest absolute Gasteiger partial charge is 0.353 e. The van der Waals surface area contributed by atoms with E-state index in [-0.39, 0.29) is 36.2 Å². The second-order valence-corrected chi connectivity index (χ2v) is 10.5. The first-order chi connectivity index (χ1) is 14.6. The molecule has 3 aliphatic rings. The van der Waals surface area contributed by atoms with Gasteiger partial charge >= 0.3 is 0 Å². The number of nitrogens with one attached hydrogen (secondary N) is 2. The van der Waals surface area contributed by atoms with Crippen molar-refractivity contribution >= 4 is 45.8 Å². The molecule has 2 aromatic rings. The molecule has 3 saturated carbocycles. The lowest BCUT2D eigenvalue weighted by Crippen LogP contribution is -2.41. The van der Waals surface area contributed by atoms with Crippen LogP contribution in [0.15, 0.2) is 6.07 Å². The van der Waals surface area contributed by atoms with Crippen LogP contribution in [-0.4, -0.2) is 33.7 Å². The van der Waals surface area contributed by atoms with Gasteiger partial charge in [-0.25, -0.2) is 0 Å². The second-order valence-electron chi connectivity index (χ2n) is 9.46. The summed E-state index contributed by atoms with van der Waals surface area (Å²) in [4.78, 5) is 27.1. The highest BCUT2D eigenvalue weighted by molar-refractivity contribution is 7.20. The summed E-state index contributed by atoms with van der Waals surface area (Å²) < 4.78 is 2.19. The van der Waals surface area contributed by atoms with Gasteiger partial charge < -0.3 is 10.6 Å².